The highest BCUT2D eigenvalue weighted by molar-refractivity contribution is 5.97. The van der Waals surface area contributed by atoms with E-state index in [2.05, 4.69) is 25.1 Å². The summed E-state index contributed by atoms with van der Waals surface area (Å²) in [4.78, 5) is 24.3. The number of nitrogens with one attached hydrogen (secondary N) is 2. The van der Waals surface area contributed by atoms with Crippen molar-refractivity contribution in [2.75, 3.05) is 58.4 Å². The van der Waals surface area contributed by atoms with Crippen molar-refractivity contribution in [1.82, 2.24) is 20.2 Å². The van der Waals surface area contributed by atoms with E-state index in [1.807, 2.05) is 24.3 Å². The van der Waals surface area contributed by atoms with E-state index in [-0.39, 0.29) is 18.0 Å². The smallest absolute Gasteiger partial charge is 0.253 e. The molecule has 3 aromatic rings. The number of nitrogens with zero attached hydrogens (tertiary/aromatic N) is 3. The summed E-state index contributed by atoms with van der Waals surface area (Å²) in [7, 11) is 3.28. The molecule has 0 bridgehead atoms. The lowest BCUT2D eigenvalue weighted by Gasteiger charge is -2.37. The van der Waals surface area contributed by atoms with Crippen molar-refractivity contribution in [2.24, 2.45) is 0 Å². The van der Waals surface area contributed by atoms with Crippen molar-refractivity contribution in [2.45, 2.75) is 12.7 Å². The Bertz CT molecular complexity index is 1200. The maximum atomic E-state index is 15.2. The first-order chi connectivity index (χ1) is 17.1. The van der Waals surface area contributed by atoms with E-state index in [4.69, 9.17) is 9.47 Å². The Morgan fingerprint density at radius 3 is 2.57 bits per heavy atom. The highest BCUT2D eigenvalue weighted by atomic mass is 19.1. The number of ether oxygens (including phenoxy) is 2. The van der Waals surface area contributed by atoms with Gasteiger partial charge in [0.05, 0.1) is 11.3 Å². The molecule has 0 aliphatic carbocycles. The Balaban J connectivity index is 1.30. The fourth-order valence-electron chi connectivity index (χ4n) is 4.75. The number of hydrogen-bond acceptors (Lipinski definition) is 6. The van der Waals surface area contributed by atoms with Crippen LogP contribution in [0, 0.1) is 5.82 Å². The highest BCUT2D eigenvalue weighted by Crippen LogP contribution is 2.30. The van der Waals surface area contributed by atoms with Crippen molar-refractivity contribution in [3.8, 4) is 22.5 Å². The molecule has 2 aliphatic rings. The van der Waals surface area contributed by atoms with Gasteiger partial charge in [0.2, 0.25) is 0 Å². The standard InChI is InChI=1S/C26H30FN5O3/c1-34-25(35-2)16-31-9-11-32(12-10-31)18-3-4-19(21(27)14-18)24-13-17(5-7-28-24)23-15-20-22(30-23)6-8-29-26(20)33/h3-5,7,13-15,25,30H,6,8-12,16H2,1-2H3,(H,29,33). The number of piperazine rings is 1. The molecule has 0 radical (unpaired) electrons. The second-order valence-corrected chi connectivity index (χ2v) is 8.86. The van der Waals surface area contributed by atoms with E-state index in [0.717, 1.165) is 55.2 Å². The van der Waals surface area contributed by atoms with Gasteiger partial charge in [-0.3, -0.25) is 14.7 Å². The summed E-state index contributed by atoms with van der Waals surface area (Å²) in [5.74, 6) is -0.374. The SMILES string of the molecule is COC(CN1CCN(c2ccc(-c3cc(-c4cc5c([nH]4)CCNC5=O)ccn3)c(F)c2)CC1)OC. The number of aromatic amines is 1. The molecular weight excluding hydrogens is 449 g/mol. The number of halogens is 1. The number of rotatable bonds is 7. The van der Waals surface area contributed by atoms with Crippen LogP contribution in [0.15, 0.2) is 42.6 Å². The number of benzene rings is 1. The molecule has 1 fully saturated rings. The first kappa shape index (κ1) is 23.5. The Kier molecular flexibility index (Phi) is 6.81. The summed E-state index contributed by atoms with van der Waals surface area (Å²) in [5, 5.41) is 2.86. The van der Waals surface area contributed by atoms with Gasteiger partial charge in [0.25, 0.3) is 5.91 Å². The van der Waals surface area contributed by atoms with Gasteiger partial charge in [-0.2, -0.15) is 0 Å². The van der Waals surface area contributed by atoms with E-state index in [1.165, 1.54) is 0 Å². The maximum absolute atomic E-state index is 15.2. The normalized spacial score (nSPS) is 16.5. The largest absolute Gasteiger partial charge is 0.369 e. The molecule has 2 aromatic heterocycles. The molecule has 2 aliphatic heterocycles. The second-order valence-electron chi connectivity index (χ2n) is 8.86. The minimum absolute atomic E-state index is 0.0669. The third-order valence-electron chi connectivity index (χ3n) is 6.77. The van der Waals surface area contributed by atoms with Gasteiger partial charge >= 0.3 is 0 Å². The first-order valence-electron chi connectivity index (χ1n) is 11.8. The summed E-state index contributed by atoms with van der Waals surface area (Å²) >= 11 is 0. The Hall–Kier alpha value is -3.27. The number of aromatic nitrogens is 2. The van der Waals surface area contributed by atoms with Gasteiger partial charge in [0, 0.05) is 94.3 Å². The topological polar surface area (TPSA) is 82.7 Å². The quantitative estimate of drug-likeness (QED) is 0.507. The first-order valence-corrected chi connectivity index (χ1v) is 11.8. The third-order valence-corrected chi connectivity index (χ3v) is 6.77. The van der Waals surface area contributed by atoms with Crippen LogP contribution in [0.5, 0.6) is 0 Å². The van der Waals surface area contributed by atoms with Gasteiger partial charge in [-0.15, -0.1) is 0 Å². The van der Waals surface area contributed by atoms with Crippen LogP contribution in [0.4, 0.5) is 10.1 Å². The predicted octanol–water partition coefficient (Wildman–Crippen LogP) is 2.91. The summed E-state index contributed by atoms with van der Waals surface area (Å²) in [6.45, 7) is 4.66. The van der Waals surface area contributed by atoms with Crippen LogP contribution in [-0.4, -0.2) is 80.6 Å². The second kappa shape index (κ2) is 10.2. The van der Waals surface area contributed by atoms with Gasteiger partial charge in [-0.25, -0.2) is 4.39 Å². The number of fused-ring (bicyclic) bond motifs is 1. The molecular formula is C26H30FN5O3. The van der Waals surface area contributed by atoms with E-state index in [0.29, 0.717) is 29.9 Å². The number of hydrogen-bond donors (Lipinski definition) is 2. The Labute approximate surface area is 204 Å². The summed E-state index contributed by atoms with van der Waals surface area (Å²) in [6, 6.07) is 10.9. The molecule has 1 aromatic carbocycles. The molecule has 4 heterocycles. The van der Waals surface area contributed by atoms with Gasteiger partial charge < -0.3 is 24.7 Å². The van der Waals surface area contributed by atoms with Crippen LogP contribution < -0.4 is 10.2 Å². The summed E-state index contributed by atoms with van der Waals surface area (Å²) in [6.07, 6.45) is 2.20. The summed E-state index contributed by atoms with van der Waals surface area (Å²) in [5.41, 5.74) is 5.15. The van der Waals surface area contributed by atoms with Gasteiger partial charge in [0.1, 0.15) is 5.82 Å². The van der Waals surface area contributed by atoms with Crippen LogP contribution in [0.1, 0.15) is 16.1 Å². The number of carbonyl (C=O) groups excluding carboxylic acids is 1. The molecule has 9 heteroatoms. The van der Waals surface area contributed by atoms with E-state index < -0.39 is 0 Å². The molecule has 5 rings (SSSR count). The van der Waals surface area contributed by atoms with Crippen molar-refractivity contribution in [3.63, 3.8) is 0 Å². The molecule has 184 valence electrons. The minimum atomic E-state index is -0.307. The van der Waals surface area contributed by atoms with Crippen LogP contribution in [0.2, 0.25) is 0 Å². The molecule has 35 heavy (non-hydrogen) atoms. The Morgan fingerprint density at radius 2 is 1.86 bits per heavy atom. The average Bonchev–Trinajstić information content (AvgIpc) is 3.34. The monoisotopic (exact) mass is 479 g/mol. The molecule has 0 unspecified atom stereocenters. The third kappa shape index (κ3) is 4.93. The van der Waals surface area contributed by atoms with Crippen molar-refractivity contribution in [1.29, 1.82) is 0 Å². The molecule has 0 spiro atoms. The minimum Gasteiger partial charge on any atom is -0.369 e. The zero-order chi connectivity index (χ0) is 24.4. The lowest BCUT2D eigenvalue weighted by atomic mass is 10.1. The number of H-pyrrole nitrogens is 1. The fourth-order valence-corrected chi connectivity index (χ4v) is 4.75. The lowest BCUT2D eigenvalue weighted by Crippen LogP contribution is -2.49. The lowest BCUT2D eigenvalue weighted by molar-refractivity contribution is -0.116. The Morgan fingerprint density at radius 1 is 1.06 bits per heavy atom. The van der Waals surface area contributed by atoms with Crippen LogP contribution in [0.25, 0.3) is 22.5 Å². The molecule has 0 saturated carbocycles. The van der Waals surface area contributed by atoms with Gasteiger partial charge in [-0.1, -0.05) is 0 Å². The van der Waals surface area contributed by atoms with E-state index in [9.17, 15) is 4.79 Å². The predicted molar refractivity (Wildman–Crippen MR) is 132 cm³/mol. The van der Waals surface area contributed by atoms with Crippen LogP contribution in [-0.2, 0) is 15.9 Å². The van der Waals surface area contributed by atoms with Gasteiger partial charge in [0.15, 0.2) is 6.29 Å². The molecule has 8 nitrogen and oxygen atoms in total. The van der Waals surface area contributed by atoms with Crippen LogP contribution in [0.3, 0.4) is 0 Å². The number of amides is 1. The molecule has 1 saturated heterocycles. The zero-order valence-corrected chi connectivity index (χ0v) is 20.0. The maximum Gasteiger partial charge on any atom is 0.253 e. The van der Waals surface area contributed by atoms with E-state index in [1.54, 1.807) is 32.5 Å². The molecule has 1 amide bonds. The van der Waals surface area contributed by atoms with Crippen molar-refractivity contribution < 1.29 is 18.7 Å². The number of anilines is 1. The van der Waals surface area contributed by atoms with Crippen molar-refractivity contribution >= 4 is 11.6 Å². The summed E-state index contributed by atoms with van der Waals surface area (Å²) < 4.78 is 25.8. The average molecular weight is 480 g/mol. The fraction of sp³-hybridized carbons (Fsp3) is 0.385. The number of methoxy groups -OCH3 is 2. The number of carbonyl (C=O) groups is 1. The van der Waals surface area contributed by atoms with Crippen molar-refractivity contribution in [3.05, 3.63) is 59.7 Å². The highest BCUT2D eigenvalue weighted by Gasteiger charge is 2.22. The molecule has 0 atom stereocenters. The molecule has 2 N–H and O–H groups in total. The van der Waals surface area contributed by atoms with Gasteiger partial charge in [-0.05, 0) is 36.4 Å². The van der Waals surface area contributed by atoms with Crippen LogP contribution >= 0.6 is 0 Å². The zero-order valence-electron chi connectivity index (χ0n) is 20.0. The van der Waals surface area contributed by atoms with E-state index >= 15 is 4.39 Å². The number of pyridine rings is 1.